The number of carbonyl (C=O) groups excluding carboxylic acids is 2. The molecule has 0 aliphatic carbocycles. The minimum Gasteiger partial charge on any atom is -0.322 e. The lowest BCUT2D eigenvalue weighted by molar-refractivity contribution is -0.111. The fourth-order valence-electron chi connectivity index (χ4n) is 2.51. The molecule has 0 radical (unpaired) electrons. The van der Waals surface area contributed by atoms with Gasteiger partial charge in [0.15, 0.2) is 5.78 Å². The van der Waals surface area contributed by atoms with Crippen LogP contribution in [0.4, 0.5) is 5.69 Å². The fraction of sp³-hybridized carbons (Fsp3) is 0. The van der Waals surface area contributed by atoms with Crippen molar-refractivity contribution in [1.29, 1.82) is 0 Å². The van der Waals surface area contributed by atoms with Gasteiger partial charge in [-0.2, -0.15) is 0 Å². The summed E-state index contributed by atoms with van der Waals surface area (Å²) in [5.41, 5.74) is 2.10. The van der Waals surface area contributed by atoms with Gasteiger partial charge in [-0.15, -0.1) is 0 Å². The van der Waals surface area contributed by atoms with Gasteiger partial charge in [0, 0.05) is 27.2 Å². The quantitative estimate of drug-likeness (QED) is 0.433. The Morgan fingerprint density at radius 2 is 1.56 bits per heavy atom. The second kappa shape index (κ2) is 8.67. The highest BCUT2D eigenvalue weighted by Crippen LogP contribution is 2.22. The fourth-order valence-corrected chi connectivity index (χ4v) is 2.98. The second-order valence-corrected chi connectivity index (χ2v) is 6.57. The van der Waals surface area contributed by atoms with E-state index in [1.165, 1.54) is 6.08 Å². The topological polar surface area (TPSA) is 46.2 Å². The molecule has 3 nitrogen and oxygen atoms in total. The molecule has 134 valence electrons. The van der Waals surface area contributed by atoms with Crippen LogP contribution >= 0.6 is 23.2 Å². The van der Waals surface area contributed by atoms with Crippen LogP contribution in [0.1, 0.15) is 21.5 Å². The number of hydrogen-bond acceptors (Lipinski definition) is 2. The van der Waals surface area contributed by atoms with E-state index in [1.807, 2.05) is 6.07 Å². The first-order valence-electron chi connectivity index (χ1n) is 8.17. The first kappa shape index (κ1) is 18.9. The van der Waals surface area contributed by atoms with Crippen LogP contribution < -0.4 is 5.32 Å². The van der Waals surface area contributed by atoms with Crippen LogP contribution in [0.25, 0.3) is 6.08 Å². The highest BCUT2D eigenvalue weighted by Gasteiger charge is 2.14. The number of hydrogen-bond donors (Lipinski definition) is 1. The molecule has 0 aromatic heterocycles. The number of nitrogens with one attached hydrogen (secondary N) is 1. The molecular weight excluding hydrogens is 381 g/mol. The van der Waals surface area contributed by atoms with E-state index in [9.17, 15) is 9.59 Å². The summed E-state index contributed by atoms with van der Waals surface area (Å²) in [6.45, 7) is 0. The zero-order valence-corrected chi connectivity index (χ0v) is 15.7. The molecule has 0 saturated heterocycles. The molecule has 0 spiro atoms. The maximum Gasteiger partial charge on any atom is 0.248 e. The Labute approximate surface area is 167 Å². The van der Waals surface area contributed by atoms with Crippen LogP contribution in [-0.4, -0.2) is 11.7 Å². The smallest absolute Gasteiger partial charge is 0.248 e. The van der Waals surface area contributed by atoms with E-state index in [0.29, 0.717) is 32.4 Å². The highest BCUT2D eigenvalue weighted by molar-refractivity contribution is 6.35. The Hall–Kier alpha value is -2.88. The largest absolute Gasteiger partial charge is 0.322 e. The molecule has 1 amide bonds. The van der Waals surface area contributed by atoms with Crippen molar-refractivity contribution in [3.63, 3.8) is 0 Å². The van der Waals surface area contributed by atoms with E-state index in [0.717, 1.165) is 0 Å². The minimum atomic E-state index is -0.366. The van der Waals surface area contributed by atoms with E-state index in [4.69, 9.17) is 23.2 Å². The number of ketones is 1. The summed E-state index contributed by atoms with van der Waals surface area (Å²) >= 11 is 12.0. The monoisotopic (exact) mass is 395 g/mol. The predicted octanol–water partition coefficient (Wildman–Crippen LogP) is 5.88. The minimum absolute atomic E-state index is 0.156. The Bertz CT molecular complexity index is 1010. The number of carbonyl (C=O) groups is 2. The molecule has 1 N–H and O–H groups in total. The Morgan fingerprint density at radius 3 is 2.30 bits per heavy atom. The molecule has 0 unspecified atom stereocenters. The lowest BCUT2D eigenvalue weighted by Crippen LogP contribution is -2.12. The third-order valence-corrected chi connectivity index (χ3v) is 4.40. The third-order valence-electron chi connectivity index (χ3n) is 3.84. The summed E-state index contributed by atoms with van der Waals surface area (Å²) in [5.74, 6) is -0.523. The van der Waals surface area contributed by atoms with Gasteiger partial charge in [-0.05, 0) is 35.9 Å². The van der Waals surface area contributed by atoms with Gasteiger partial charge in [0.2, 0.25) is 5.91 Å². The maximum atomic E-state index is 12.7. The van der Waals surface area contributed by atoms with Gasteiger partial charge in [0.1, 0.15) is 0 Å². The number of rotatable bonds is 5. The van der Waals surface area contributed by atoms with E-state index in [1.54, 1.807) is 72.8 Å². The Morgan fingerprint density at radius 1 is 0.852 bits per heavy atom. The van der Waals surface area contributed by atoms with E-state index < -0.39 is 0 Å². The van der Waals surface area contributed by atoms with Crippen molar-refractivity contribution in [2.24, 2.45) is 0 Å². The molecule has 0 saturated carbocycles. The number of halogens is 2. The first-order valence-corrected chi connectivity index (χ1v) is 8.93. The SMILES string of the molecule is O=C(/C=C/c1ccc(Cl)cc1Cl)Nc1ccccc1C(=O)c1ccccc1. The van der Waals surface area contributed by atoms with E-state index in [-0.39, 0.29) is 11.7 Å². The standard InChI is InChI=1S/C22H15Cl2NO2/c23-17-12-10-15(19(24)14-17)11-13-21(26)25-20-9-5-4-8-18(20)22(27)16-6-2-1-3-7-16/h1-14H,(H,25,26)/b13-11+. The summed E-state index contributed by atoms with van der Waals surface area (Å²) in [6.07, 6.45) is 2.95. The van der Waals surface area contributed by atoms with Crippen molar-refractivity contribution < 1.29 is 9.59 Å². The van der Waals surface area contributed by atoms with Crippen molar-refractivity contribution in [1.82, 2.24) is 0 Å². The van der Waals surface area contributed by atoms with Crippen molar-refractivity contribution in [3.05, 3.63) is 106 Å². The van der Waals surface area contributed by atoms with Crippen LogP contribution in [0.15, 0.2) is 78.9 Å². The van der Waals surface area contributed by atoms with Crippen LogP contribution in [-0.2, 0) is 4.79 Å². The molecule has 5 heteroatoms. The average Bonchev–Trinajstić information content (AvgIpc) is 2.68. The average molecular weight is 396 g/mol. The Balaban J connectivity index is 1.79. The summed E-state index contributed by atoms with van der Waals surface area (Å²) < 4.78 is 0. The highest BCUT2D eigenvalue weighted by atomic mass is 35.5. The Kier molecular flexibility index (Phi) is 6.07. The summed E-state index contributed by atoms with van der Waals surface area (Å²) in [5, 5.41) is 3.72. The van der Waals surface area contributed by atoms with Gasteiger partial charge in [-0.1, -0.05) is 71.7 Å². The van der Waals surface area contributed by atoms with Crippen molar-refractivity contribution in [2.75, 3.05) is 5.32 Å². The molecule has 0 aliphatic rings. The van der Waals surface area contributed by atoms with Crippen molar-refractivity contribution in [2.45, 2.75) is 0 Å². The van der Waals surface area contributed by atoms with Gasteiger partial charge in [0.05, 0.1) is 5.69 Å². The number of benzene rings is 3. The molecule has 0 heterocycles. The molecule has 3 aromatic carbocycles. The van der Waals surface area contributed by atoms with Gasteiger partial charge in [0.25, 0.3) is 0 Å². The van der Waals surface area contributed by atoms with E-state index >= 15 is 0 Å². The van der Waals surface area contributed by atoms with Gasteiger partial charge in [-0.3, -0.25) is 9.59 Å². The normalized spacial score (nSPS) is 10.7. The van der Waals surface area contributed by atoms with Gasteiger partial charge in [-0.25, -0.2) is 0 Å². The lowest BCUT2D eigenvalue weighted by Gasteiger charge is -2.09. The number of anilines is 1. The summed E-state index contributed by atoms with van der Waals surface area (Å²) in [7, 11) is 0. The summed E-state index contributed by atoms with van der Waals surface area (Å²) in [6, 6.07) is 20.8. The zero-order chi connectivity index (χ0) is 19.2. The van der Waals surface area contributed by atoms with E-state index in [2.05, 4.69) is 5.32 Å². The lowest BCUT2D eigenvalue weighted by atomic mass is 10.0. The molecule has 3 aromatic rings. The third kappa shape index (κ3) is 4.85. The number of amides is 1. The number of para-hydroxylation sites is 1. The summed E-state index contributed by atoms with van der Waals surface area (Å²) in [4.78, 5) is 25.0. The van der Waals surface area contributed by atoms with Crippen LogP contribution in [0.5, 0.6) is 0 Å². The van der Waals surface area contributed by atoms with Gasteiger partial charge >= 0.3 is 0 Å². The van der Waals surface area contributed by atoms with Crippen molar-refractivity contribution in [3.8, 4) is 0 Å². The second-order valence-electron chi connectivity index (χ2n) is 5.73. The predicted molar refractivity (Wildman–Crippen MR) is 110 cm³/mol. The van der Waals surface area contributed by atoms with Crippen molar-refractivity contribution >= 4 is 46.7 Å². The van der Waals surface area contributed by atoms with Crippen LogP contribution in [0, 0.1) is 0 Å². The maximum absolute atomic E-state index is 12.7. The molecule has 27 heavy (non-hydrogen) atoms. The first-order chi connectivity index (χ1) is 13.0. The zero-order valence-electron chi connectivity index (χ0n) is 14.2. The van der Waals surface area contributed by atoms with Gasteiger partial charge < -0.3 is 5.32 Å². The van der Waals surface area contributed by atoms with Crippen LogP contribution in [0.3, 0.4) is 0 Å². The molecule has 0 bridgehead atoms. The molecule has 0 atom stereocenters. The van der Waals surface area contributed by atoms with Crippen LogP contribution in [0.2, 0.25) is 10.0 Å². The molecular formula is C22H15Cl2NO2. The molecule has 0 aliphatic heterocycles. The molecule has 0 fully saturated rings. The molecule has 3 rings (SSSR count).